The molecule has 2 aromatic heterocycles. The van der Waals surface area contributed by atoms with Gasteiger partial charge in [-0.15, -0.1) is 0 Å². The Kier molecular flexibility index (Phi) is 15.9. The lowest BCUT2D eigenvalue weighted by Gasteiger charge is -2.08. The summed E-state index contributed by atoms with van der Waals surface area (Å²) < 4.78 is 31.0. The number of rotatable bonds is 14. The summed E-state index contributed by atoms with van der Waals surface area (Å²) in [5, 5.41) is 8.35. The van der Waals surface area contributed by atoms with Gasteiger partial charge in [0.15, 0.2) is 5.65 Å². The van der Waals surface area contributed by atoms with Gasteiger partial charge < -0.3 is 20.4 Å². The van der Waals surface area contributed by atoms with Crippen molar-refractivity contribution in [2.45, 2.75) is 85.2 Å². The molecule has 4 rings (SSSR count). The van der Waals surface area contributed by atoms with Crippen LogP contribution < -0.4 is 10.5 Å². The number of hydrogen-bond acceptors (Lipinski definition) is 6. The van der Waals surface area contributed by atoms with Crippen molar-refractivity contribution in [3.8, 4) is 17.0 Å². The zero-order valence-electron chi connectivity index (χ0n) is 26.0. The van der Waals surface area contributed by atoms with E-state index in [2.05, 4.69) is 21.6 Å². The first-order chi connectivity index (χ1) is 21.6. The number of benzene rings is 2. The number of carboxylic acids is 1. The fraction of sp³-hybridized carbons (Fsp3) is 0.382. The SMILES string of the molecule is CC=O.CCCCCCCCCC(=O)O.Cc1cc(Cc2nccn3c(-c4ccc(OC(F)F)cc4)cnc23)ccc1C(N)=O. The van der Waals surface area contributed by atoms with E-state index in [9.17, 15) is 18.4 Å². The Morgan fingerprint density at radius 2 is 1.67 bits per heavy atom. The fourth-order valence-electron chi connectivity index (χ4n) is 4.66. The number of nitrogens with two attached hydrogens (primary N) is 1. The lowest BCUT2D eigenvalue weighted by Crippen LogP contribution is -2.12. The number of alkyl halides is 2. The first-order valence-corrected chi connectivity index (χ1v) is 15.0. The molecule has 0 radical (unpaired) electrons. The van der Waals surface area contributed by atoms with Gasteiger partial charge in [0.2, 0.25) is 5.91 Å². The number of aromatic nitrogens is 3. The molecule has 4 aromatic rings. The van der Waals surface area contributed by atoms with Crippen LogP contribution in [0.5, 0.6) is 5.75 Å². The number of amides is 1. The van der Waals surface area contributed by atoms with Crippen LogP contribution in [0.1, 0.15) is 92.4 Å². The van der Waals surface area contributed by atoms with E-state index in [1.807, 2.05) is 23.5 Å². The number of aryl methyl sites for hydroxylation is 1. The molecule has 0 spiro atoms. The molecule has 0 bridgehead atoms. The number of carbonyl (C=O) groups excluding carboxylic acids is 2. The maximum atomic E-state index is 12.3. The van der Waals surface area contributed by atoms with Crippen molar-refractivity contribution in [3.63, 3.8) is 0 Å². The molecule has 0 aliphatic rings. The molecule has 3 N–H and O–H groups in total. The third-order valence-corrected chi connectivity index (χ3v) is 6.80. The fourth-order valence-corrected chi connectivity index (χ4v) is 4.66. The molecule has 11 heteroatoms. The monoisotopic (exact) mass is 624 g/mol. The van der Waals surface area contributed by atoms with Crippen molar-refractivity contribution >= 4 is 23.8 Å². The molecule has 9 nitrogen and oxygen atoms in total. The molecule has 1 amide bonds. The van der Waals surface area contributed by atoms with Gasteiger partial charge in [-0.1, -0.05) is 57.6 Å². The molecule has 0 aliphatic carbocycles. The Labute approximate surface area is 262 Å². The van der Waals surface area contributed by atoms with Gasteiger partial charge in [-0.2, -0.15) is 8.78 Å². The largest absolute Gasteiger partial charge is 0.481 e. The van der Waals surface area contributed by atoms with Crippen LogP contribution in [-0.4, -0.2) is 44.2 Å². The van der Waals surface area contributed by atoms with Crippen molar-refractivity contribution in [1.29, 1.82) is 0 Å². The van der Waals surface area contributed by atoms with E-state index in [1.54, 1.807) is 36.8 Å². The second-order valence-electron chi connectivity index (χ2n) is 10.3. The average molecular weight is 625 g/mol. The Bertz CT molecular complexity index is 1510. The van der Waals surface area contributed by atoms with E-state index in [0.29, 0.717) is 24.1 Å². The number of carboxylic acid groups (broad SMARTS) is 1. The number of imidazole rings is 1. The third-order valence-electron chi connectivity index (χ3n) is 6.80. The van der Waals surface area contributed by atoms with Crippen molar-refractivity contribution in [2.24, 2.45) is 5.73 Å². The molecule has 0 aliphatic heterocycles. The summed E-state index contributed by atoms with van der Waals surface area (Å²) in [6.07, 6.45) is 15.1. The molecule has 0 fully saturated rings. The predicted octanol–water partition coefficient (Wildman–Crippen LogP) is 7.41. The molecule has 45 heavy (non-hydrogen) atoms. The van der Waals surface area contributed by atoms with Crippen LogP contribution >= 0.6 is 0 Å². The van der Waals surface area contributed by atoms with Crippen LogP contribution in [0.15, 0.2) is 61.1 Å². The molecule has 0 atom stereocenters. The van der Waals surface area contributed by atoms with Gasteiger partial charge in [0.25, 0.3) is 0 Å². The summed E-state index contributed by atoms with van der Waals surface area (Å²) in [5.41, 5.74) is 10.7. The molecule has 0 saturated heterocycles. The number of carbonyl (C=O) groups is 3. The van der Waals surface area contributed by atoms with Gasteiger partial charge in [-0.25, -0.2) is 4.98 Å². The van der Waals surface area contributed by atoms with Gasteiger partial charge in [0, 0.05) is 36.4 Å². The minimum Gasteiger partial charge on any atom is -0.481 e. The molecule has 2 heterocycles. The highest BCUT2D eigenvalue weighted by Gasteiger charge is 2.13. The van der Waals surface area contributed by atoms with E-state index < -0.39 is 18.5 Å². The van der Waals surface area contributed by atoms with E-state index in [4.69, 9.17) is 15.6 Å². The van der Waals surface area contributed by atoms with E-state index >= 15 is 0 Å². The van der Waals surface area contributed by atoms with Gasteiger partial charge in [-0.3, -0.25) is 19.0 Å². The first kappa shape index (κ1) is 36.5. The normalized spacial score (nSPS) is 10.4. The lowest BCUT2D eigenvalue weighted by molar-refractivity contribution is -0.137. The highest BCUT2D eigenvalue weighted by atomic mass is 19.3. The van der Waals surface area contributed by atoms with Crippen molar-refractivity contribution in [2.75, 3.05) is 0 Å². The number of nitrogens with zero attached hydrogens (tertiary/aromatic N) is 3. The lowest BCUT2D eigenvalue weighted by atomic mass is 10.0. The van der Waals surface area contributed by atoms with E-state index in [1.165, 1.54) is 51.2 Å². The number of primary amides is 1. The highest BCUT2D eigenvalue weighted by Crippen LogP contribution is 2.26. The number of ether oxygens (including phenoxy) is 1. The number of fused-ring (bicyclic) bond motifs is 1. The maximum Gasteiger partial charge on any atom is 0.387 e. The van der Waals surface area contributed by atoms with Gasteiger partial charge >= 0.3 is 12.6 Å². The zero-order valence-corrected chi connectivity index (χ0v) is 26.0. The first-order valence-electron chi connectivity index (χ1n) is 15.0. The minimum absolute atomic E-state index is 0.0969. The van der Waals surface area contributed by atoms with Crippen LogP contribution in [0.3, 0.4) is 0 Å². The number of unbranched alkanes of at least 4 members (excludes halogenated alkanes) is 6. The zero-order chi connectivity index (χ0) is 33.2. The predicted molar refractivity (Wildman–Crippen MR) is 170 cm³/mol. The van der Waals surface area contributed by atoms with E-state index in [0.717, 1.165) is 47.2 Å². The van der Waals surface area contributed by atoms with Crippen LogP contribution in [-0.2, 0) is 16.0 Å². The Balaban J connectivity index is 0.000000396. The maximum absolute atomic E-state index is 12.3. The van der Waals surface area contributed by atoms with Crippen LogP contribution in [0.4, 0.5) is 8.78 Å². The third kappa shape index (κ3) is 12.5. The van der Waals surface area contributed by atoms with Crippen molar-refractivity contribution in [1.82, 2.24) is 14.4 Å². The quantitative estimate of drug-likeness (QED) is 0.110. The number of aldehydes is 1. The average Bonchev–Trinajstić information content (AvgIpc) is 3.43. The molecule has 0 saturated carbocycles. The summed E-state index contributed by atoms with van der Waals surface area (Å²) >= 11 is 0. The Hall–Kier alpha value is -4.67. The number of hydrogen-bond donors (Lipinski definition) is 2. The molecular formula is C34H42F2N4O5. The van der Waals surface area contributed by atoms with Crippen LogP contribution in [0, 0.1) is 6.92 Å². The summed E-state index contributed by atoms with van der Waals surface area (Å²) in [6, 6.07) is 11.9. The second-order valence-corrected chi connectivity index (χ2v) is 10.3. The van der Waals surface area contributed by atoms with Gasteiger partial charge in [-0.05, 0) is 61.7 Å². The number of aliphatic carboxylic acids is 1. The molecular weight excluding hydrogens is 582 g/mol. The van der Waals surface area contributed by atoms with E-state index in [-0.39, 0.29) is 5.75 Å². The topological polar surface area (TPSA) is 137 Å². The van der Waals surface area contributed by atoms with Gasteiger partial charge in [0.05, 0.1) is 17.6 Å². The Morgan fingerprint density at radius 1 is 1.02 bits per heavy atom. The minimum atomic E-state index is -2.86. The number of halogens is 2. The summed E-state index contributed by atoms with van der Waals surface area (Å²) in [4.78, 5) is 39.3. The summed E-state index contributed by atoms with van der Waals surface area (Å²) in [6.45, 7) is 2.62. The summed E-state index contributed by atoms with van der Waals surface area (Å²) in [7, 11) is 0. The summed E-state index contributed by atoms with van der Waals surface area (Å²) in [5.74, 6) is -1.02. The highest BCUT2D eigenvalue weighted by molar-refractivity contribution is 5.94. The van der Waals surface area contributed by atoms with Crippen molar-refractivity contribution < 1.29 is 33.0 Å². The smallest absolute Gasteiger partial charge is 0.387 e. The van der Waals surface area contributed by atoms with Crippen LogP contribution in [0.25, 0.3) is 16.9 Å². The standard InChI is InChI=1S/C22H18F2N4O2.C10H20O2.C2H4O/c1-13-10-14(2-7-17(13)20(25)29)11-18-21-27-12-19(28(21)9-8-26-18)15-3-5-16(6-4-15)30-22(23)24;1-2-3-4-5-6-7-8-9-10(11)12;1-2-3/h2-10,12,22H,11H2,1H3,(H2,25,29);2-9H2,1H3,(H,11,12);2H,1H3. The van der Waals surface area contributed by atoms with Crippen LogP contribution in [0.2, 0.25) is 0 Å². The van der Waals surface area contributed by atoms with Crippen molar-refractivity contribution in [3.05, 3.63) is 83.4 Å². The Morgan fingerprint density at radius 3 is 2.24 bits per heavy atom. The molecule has 242 valence electrons. The van der Waals surface area contributed by atoms with Gasteiger partial charge in [0.1, 0.15) is 12.0 Å². The molecule has 0 unspecified atom stereocenters. The molecule has 2 aromatic carbocycles. The second kappa shape index (κ2) is 19.6.